The summed E-state index contributed by atoms with van der Waals surface area (Å²) in [5, 5.41) is 21.1. The highest BCUT2D eigenvalue weighted by Crippen LogP contribution is 2.44. The number of rotatable bonds is 5. The minimum atomic E-state index is -0.460. The Bertz CT molecular complexity index is 976. The monoisotopic (exact) mass is 389 g/mol. The first kappa shape index (κ1) is 20.8. The Morgan fingerprint density at radius 2 is 1.28 bits per heavy atom. The first-order valence-corrected chi connectivity index (χ1v) is 10.0. The first-order chi connectivity index (χ1) is 13.6. The predicted molar refractivity (Wildman–Crippen MR) is 121 cm³/mol. The molecule has 0 spiro atoms. The lowest BCUT2D eigenvalue weighted by Crippen LogP contribution is -2.39. The molecule has 0 aliphatic carbocycles. The summed E-state index contributed by atoms with van der Waals surface area (Å²) in [4.78, 5) is 2.18. The van der Waals surface area contributed by atoms with Crippen LogP contribution in [0.1, 0.15) is 47.2 Å². The van der Waals surface area contributed by atoms with Crippen LogP contribution in [0, 0.1) is 20.8 Å². The molecule has 0 atom stereocenters. The molecule has 0 saturated heterocycles. The van der Waals surface area contributed by atoms with E-state index in [1.165, 1.54) is 11.1 Å². The normalized spacial score (nSPS) is 11.5. The molecule has 3 aromatic carbocycles. The van der Waals surface area contributed by atoms with Crippen LogP contribution in [0.4, 0.5) is 5.69 Å². The van der Waals surface area contributed by atoms with Crippen LogP contribution in [0.2, 0.25) is 0 Å². The Morgan fingerprint density at radius 1 is 0.724 bits per heavy atom. The van der Waals surface area contributed by atoms with Crippen LogP contribution in [0.15, 0.2) is 54.6 Å². The van der Waals surface area contributed by atoms with E-state index < -0.39 is 5.54 Å². The van der Waals surface area contributed by atoms with Crippen molar-refractivity contribution in [3.05, 3.63) is 88.0 Å². The van der Waals surface area contributed by atoms with E-state index in [4.69, 9.17) is 0 Å². The van der Waals surface area contributed by atoms with Crippen LogP contribution >= 0.6 is 0 Å². The van der Waals surface area contributed by atoms with Gasteiger partial charge in [-0.3, -0.25) is 0 Å². The van der Waals surface area contributed by atoms with Crippen molar-refractivity contribution < 1.29 is 10.2 Å². The molecule has 152 valence electrons. The van der Waals surface area contributed by atoms with Gasteiger partial charge in [-0.05, 0) is 75.4 Å². The fourth-order valence-corrected chi connectivity index (χ4v) is 4.03. The van der Waals surface area contributed by atoms with Gasteiger partial charge in [0.15, 0.2) is 0 Å². The molecule has 0 heterocycles. The van der Waals surface area contributed by atoms with E-state index >= 15 is 0 Å². The first-order valence-electron chi connectivity index (χ1n) is 10.0. The second kappa shape index (κ2) is 7.82. The second-order valence-corrected chi connectivity index (χ2v) is 8.39. The van der Waals surface area contributed by atoms with Gasteiger partial charge in [0.2, 0.25) is 0 Å². The predicted octanol–water partition coefficient (Wildman–Crippen LogP) is 5.99. The van der Waals surface area contributed by atoms with Crippen LogP contribution in [-0.4, -0.2) is 17.3 Å². The largest absolute Gasteiger partial charge is 0.507 e. The summed E-state index contributed by atoms with van der Waals surface area (Å²) in [6.07, 6.45) is 0.907. The summed E-state index contributed by atoms with van der Waals surface area (Å²) in [6.45, 7) is 9.82. The molecule has 0 fully saturated rings. The van der Waals surface area contributed by atoms with Gasteiger partial charge in [0, 0.05) is 23.9 Å². The number of phenols is 2. The molecular formula is C26H31NO2. The number of anilines is 1. The van der Waals surface area contributed by atoms with Crippen molar-refractivity contribution in [2.75, 3.05) is 11.9 Å². The Kier molecular flexibility index (Phi) is 5.61. The van der Waals surface area contributed by atoms with Crippen LogP contribution in [0.25, 0.3) is 0 Å². The van der Waals surface area contributed by atoms with E-state index in [-0.39, 0.29) is 11.5 Å². The molecule has 2 N–H and O–H groups in total. The number of hydrogen-bond acceptors (Lipinski definition) is 3. The molecule has 0 radical (unpaired) electrons. The molecule has 0 aliphatic rings. The lowest BCUT2D eigenvalue weighted by atomic mass is 9.84. The van der Waals surface area contributed by atoms with Gasteiger partial charge in [-0.2, -0.15) is 0 Å². The fraction of sp³-hybridized carbons (Fsp3) is 0.308. The van der Waals surface area contributed by atoms with Crippen molar-refractivity contribution in [2.24, 2.45) is 0 Å². The summed E-state index contributed by atoms with van der Waals surface area (Å²) in [7, 11) is 2.04. The maximum Gasteiger partial charge on any atom is 0.128 e. The third kappa shape index (κ3) is 3.82. The van der Waals surface area contributed by atoms with Gasteiger partial charge in [-0.25, -0.2) is 0 Å². The Hall–Kier alpha value is -2.94. The zero-order chi connectivity index (χ0) is 21.3. The second-order valence-electron chi connectivity index (χ2n) is 8.39. The molecule has 3 aromatic rings. The zero-order valence-corrected chi connectivity index (χ0v) is 18.2. The maximum absolute atomic E-state index is 10.8. The highest BCUT2D eigenvalue weighted by Gasteiger charge is 2.33. The summed E-state index contributed by atoms with van der Waals surface area (Å²) in [5.74, 6) is 0.343. The molecule has 3 heteroatoms. The smallest absolute Gasteiger partial charge is 0.128 e. The molecule has 0 aromatic heterocycles. The zero-order valence-electron chi connectivity index (χ0n) is 18.2. The molecule has 0 bridgehead atoms. The highest BCUT2D eigenvalue weighted by molar-refractivity contribution is 5.62. The van der Waals surface area contributed by atoms with E-state index in [2.05, 4.69) is 67.3 Å². The third-order valence-corrected chi connectivity index (χ3v) is 6.26. The molecule has 0 amide bonds. The van der Waals surface area contributed by atoms with Gasteiger partial charge in [0.05, 0.1) is 5.54 Å². The molecule has 3 nitrogen and oxygen atoms in total. The van der Waals surface area contributed by atoms with Gasteiger partial charge in [-0.15, -0.1) is 0 Å². The van der Waals surface area contributed by atoms with Gasteiger partial charge in [-0.1, -0.05) is 42.5 Å². The Labute approximate surface area is 174 Å². The van der Waals surface area contributed by atoms with Gasteiger partial charge < -0.3 is 15.1 Å². The van der Waals surface area contributed by atoms with Gasteiger partial charge >= 0.3 is 0 Å². The SMILES string of the molecule is Cc1c(C)c(C(C)(C)N(C)c2ccc(Cc3ccccc3)cc2)c(O)c(C)c1O. The average molecular weight is 390 g/mol. The van der Waals surface area contributed by atoms with Crippen LogP contribution < -0.4 is 4.90 Å². The summed E-state index contributed by atoms with van der Waals surface area (Å²) in [6, 6.07) is 19.0. The van der Waals surface area contributed by atoms with Crippen LogP contribution in [0.3, 0.4) is 0 Å². The highest BCUT2D eigenvalue weighted by atomic mass is 16.3. The van der Waals surface area contributed by atoms with Crippen molar-refractivity contribution >= 4 is 5.69 Å². The van der Waals surface area contributed by atoms with Crippen LogP contribution in [-0.2, 0) is 12.0 Å². The van der Waals surface area contributed by atoms with Crippen LogP contribution in [0.5, 0.6) is 11.5 Å². The van der Waals surface area contributed by atoms with E-state index in [0.717, 1.165) is 28.8 Å². The lowest BCUT2D eigenvalue weighted by Gasteiger charge is -2.40. The minimum Gasteiger partial charge on any atom is -0.507 e. The van der Waals surface area contributed by atoms with Gasteiger partial charge in [0.1, 0.15) is 11.5 Å². The molecule has 0 unspecified atom stereocenters. The van der Waals surface area contributed by atoms with Crippen molar-refractivity contribution in [1.29, 1.82) is 0 Å². The topological polar surface area (TPSA) is 43.7 Å². The number of nitrogens with zero attached hydrogens (tertiary/aromatic N) is 1. The quantitative estimate of drug-likeness (QED) is 0.564. The van der Waals surface area contributed by atoms with Crippen molar-refractivity contribution in [2.45, 2.75) is 46.6 Å². The maximum atomic E-state index is 10.8. The van der Waals surface area contributed by atoms with Crippen molar-refractivity contribution in [3.63, 3.8) is 0 Å². The van der Waals surface area contributed by atoms with E-state index in [9.17, 15) is 10.2 Å². The number of hydrogen-bond donors (Lipinski definition) is 2. The molecular weight excluding hydrogens is 358 g/mol. The average Bonchev–Trinajstić information content (AvgIpc) is 2.71. The molecule has 29 heavy (non-hydrogen) atoms. The van der Waals surface area contributed by atoms with E-state index in [1.807, 2.05) is 27.0 Å². The van der Waals surface area contributed by atoms with Crippen molar-refractivity contribution in [3.8, 4) is 11.5 Å². The minimum absolute atomic E-state index is 0.170. The van der Waals surface area contributed by atoms with E-state index in [0.29, 0.717) is 5.56 Å². The number of benzene rings is 3. The fourth-order valence-electron chi connectivity index (χ4n) is 4.03. The Balaban J connectivity index is 1.93. The lowest BCUT2D eigenvalue weighted by molar-refractivity contribution is 0.411. The van der Waals surface area contributed by atoms with Crippen molar-refractivity contribution in [1.82, 2.24) is 0 Å². The summed E-state index contributed by atoms with van der Waals surface area (Å²) >= 11 is 0. The summed E-state index contributed by atoms with van der Waals surface area (Å²) < 4.78 is 0. The molecule has 3 rings (SSSR count). The molecule has 0 saturated carbocycles. The standard InChI is InChI=1S/C26H31NO2/c1-17-18(2)24(28)19(3)25(29)23(17)26(4,5)27(6)22-14-12-21(13-15-22)16-20-10-8-7-9-11-20/h7-15,28-29H,16H2,1-6H3. The number of aromatic hydroxyl groups is 2. The Morgan fingerprint density at radius 3 is 1.86 bits per heavy atom. The summed E-state index contributed by atoms with van der Waals surface area (Å²) in [5.41, 5.74) is 6.29. The van der Waals surface area contributed by atoms with E-state index in [1.54, 1.807) is 6.92 Å². The third-order valence-electron chi connectivity index (χ3n) is 6.26. The number of phenolic OH excluding ortho intramolecular Hbond substituents is 2. The molecule has 0 aliphatic heterocycles. The van der Waals surface area contributed by atoms with Gasteiger partial charge in [0.25, 0.3) is 0 Å².